The van der Waals surface area contributed by atoms with Crippen molar-refractivity contribution >= 4 is 41.0 Å². The molecule has 1 saturated heterocycles. The van der Waals surface area contributed by atoms with E-state index in [1.807, 2.05) is 18.7 Å². The highest BCUT2D eigenvalue weighted by Crippen LogP contribution is 2.24. The van der Waals surface area contributed by atoms with Crippen LogP contribution < -0.4 is 10.2 Å². The van der Waals surface area contributed by atoms with Crippen LogP contribution in [0.1, 0.15) is 20.3 Å². The Morgan fingerprint density at radius 2 is 2.19 bits per heavy atom. The van der Waals surface area contributed by atoms with E-state index in [9.17, 15) is 9.59 Å². The van der Waals surface area contributed by atoms with Gasteiger partial charge in [0.2, 0.25) is 11.8 Å². The molecular weight excluding hydrogens is 390 g/mol. The fraction of sp³-hybridized carbons (Fsp3) is 0.647. The number of hydrogen-bond donors (Lipinski definition) is 1. The summed E-state index contributed by atoms with van der Waals surface area (Å²) in [6.45, 7) is 6.86. The smallest absolute Gasteiger partial charge is 0.230 e. The number of thioether (sulfide) groups is 1. The van der Waals surface area contributed by atoms with Crippen LogP contribution in [-0.4, -0.2) is 78.4 Å². The minimum Gasteiger partial charge on any atom is -0.383 e. The molecule has 2 amide bonds. The third kappa shape index (κ3) is 6.51. The van der Waals surface area contributed by atoms with E-state index in [-0.39, 0.29) is 23.6 Å². The van der Waals surface area contributed by atoms with Gasteiger partial charge in [-0.1, -0.05) is 30.3 Å². The fourth-order valence-electron chi connectivity index (χ4n) is 2.82. The highest BCUT2D eigenvalue weighted by atomic mass is 35.5. The van der Waals surface area contributed by atoms with E-state index >= 15 is 0 Å². The van der Waals surface area contributed by atoms with Crippen LogP contribution in [0.5, 0.6) is 0 Å². The van der Waals surface area contributed by atoms with Crippen LogP contribution in [0.4, 0.5) is 5.82 Å². The maximum Gasteiger partial charge on any atom is 0.230 e. The lowest BCUT2D eigenvalue weighted by atomic mass is 10.1. The maximum atomic E-state index is 12.0. The molecule has 1 aromatic heterocycles. The molecular formula is C17H26ClN5O3S. The van der Waals surface area contributed by atoms with Gasteiger partial charge < -0.3 is 19.9 Å². The normalized spacial score (nSPS) is 17.1. The topological polar surface area (TPSA) is 87.7 Å². The molecule has 0 aromatic carbocycles. The predicted molar refractivity (Wildman–Crippen MR) is 106 cm³/mol. The SMILES string of the molecule is CCC(=O)N1CCN(c2cc(Cl)nc(SCC(=O)NCCOC)n2)C[C@H]1C. The molecule has 10 heteroatoms. The summed E-state index contributed by atoms with van der Waals surface area (Å²) in [5.74, 6) is 0.979. The number of piperazine rings is 1. The van der Waals surface area contributed by atoms with Gasteiger partial charge in [-0.15, -0.1) is 0 Å². The zero-order chi connectivity index (χ0) is 19.8. The Balaban J connectivity index is 1.97. The highest BCUT2D eigenvalue weighted by molar-refractivity contribution is 7.99. The Bertz CT molecular complexity index is 663. The second kappa shape index (κ2) is 10.7. The Morgan fingerprint density at radius 3 is 2.85 bits per heavy atom. The predicted octanol–water partition coefficient (Wildman–Crippen LogP) is 1.43. The quantitative estimate of drug-likeness (QED) is 0.297. The van der Waals surface area contributed by atoms with Crippen molar-refractivity contribution in [2.24, 2.45) is 0 Å². The summed E-state index contributed by atoms with van der Waals surface area (Å²) >= 11 is 7.39. The standard InChI is InChI=1S/C17H26ClN5O3S/c1-4-16(25)23-7-6-22(10-12(23)2)14-9-13(18)20-17(21-14)27-11-15(24)19-5-8-26-3/h9,12H,4-8,10-11H2,1-3H3,(H,19,24)/t12-/m1/s1. The molecule has 1 aliphatic heterocycles. The summed E-state index contributed by atoms with van der Waals surface area (Å²) in [5, 5.41) is 3.54. The first-order chi connectivity index (χ1) is 12.9. The van der Waals surface area contributed by atoms with E-state index in [1.165, 1.54) is 11.8 Å². The number of halogens is 1. The maximum absolute atomic E-state index is 12.0. The molecule has 150 valence electrons. The van der Waals surface area contributed by atoms with Gasteiger partial charge in [-0.25, -0.2) is 9.97 Å². The number of nitrogens with zero attached hydrogens (tertiary/aromatic N) is 4. The van der Waals surface area contributed by atoms with E-state index in [1.54, 1.807) is 13.2 Å². The second-order valence-electron chi connectivity index (χ2n) is 6.20. The lowest BCUT2D eigenvalue weighted by molar-refractivity contribution is -0.133. The number of rotatable bonds is 8. The third-order valence-corrected chi connectivity index (χ3v) is 5.24. The Morgan fingerprint density at radius 1 is 1.41 bits per heavy atom. The van der Waals surface area contributed by atoms with Crippen molar-refractivity contribution < 1.29 is 14.3 Å². The zero-order valence-electron chi connectivity index (χ0n) is 15.9. The molecule has 2 heterocycles. The molecule has 0 bridgehead atoms. The zero-order valence-corrected chi connectivity index (χ0v) is 17.5. The Hall–Kier alpha value is -1.58. The van der Waals surface area contributed by atoms with Crippen LogP contribution in [-0.2, 0) is 14.3 Å². The second-order valence-corrected chi connectivity index (χ2v) is 7.53. The average molecular weight is 416 g/mol. The number of nitrogens with one attached hydrogen (secondary N) is 1. The monoisotopic (exact) mass is 415 g/mol. The third-order valence-electron chi connectivity index (χ3n) is 4.20. The van der Waals surface area contributed by atoms with Crippen molar-refractivity contribution in [2.45, 2.75) is 31.5 Å². The number of carbonyl (C=O) groups is 2. The van der Waals surface area contributed by atoms with Gasteiger partial charge in [0.1, 0.15) is 11.0 Å². The average Bonchev–Trinajstić information content (AvgIpc) is 2.65. The molecule has 2 rings (SSSR count). The summed E-state index contributed by atoms with van der Waals surface area (Å²) < 4.78 is 4.90. The van der Waals surface area contributed by atoms with Gasteiger partial charge in [-0.05, 0) is 6.92 Å². The van der Waals surface area contributed by atoms with E-state index in [4.69, 9.17) is 16.3 Å². The molecule has 1 fully saturated rings. The summed E-state index contributed by atoms with van der Waals surface area (Å²) in [5.41, 5.74) is 0. The van der Waals surface area contributed by atoms with Crippen LogP contribution in [0.3, 0.4) is 0 Å². The van der Waals surface area contributed by atoms with Crippen LogP contribution in [0.25, 0.3) is 0 Å². The molecule has 1 N–H and O–H groups in total. The van der Waals surface area contributed by atoms with Gasteiger partial charge >= 0.3 is 0 Å². The summed E-state index contributed by atoms with van der Waals surface area (Å²) in [4.78, 5) is 36.5. The van der Waals surface area contributed by atoms with E-state index in [2.05, 4.69) is 20.2 Å². The first-order valence-corrected chi connectivity index (χ1v) is 10.3. The lowest BCUT2D eigenvalue weighted by Crippen LogP contribution is -2.54. The number of amides is 2. The largest absolute Gasteiger partial charge is 0.383 e. The molecule has 0 unspecified atom stereocenters. The number of ether oxygens (including phenoxy) is 1. The van der Waals surface area contributed by atoms with Crippen molar-refractivity contribution in [1.29, 1.82) is 0 Å². The molecule has 27 heavy (non-hydrogen) atoms. The summed E-state index contributed by atoms with van der Waals surface area (Å²) in [6.07, 6.45) is 0.511. The van der Waals surface area contributed by atoms with E-state index in [0.29, 0.717) is 55.3 Å². The fourth-order valence-corrected chi connectivity index (χ4v) is 3.74. The van der Waals surface area contributed by atoms with Crippen LogP contribution >= 0.6 is 23.4 Å². The molecule has 0 saturated carbocycles. The van der Waals surface area contributed by atoms with Crippen molar-refractivity contribution in [1.82, 2.24) is 20.2 Å². The minimum atomic E-state index is -0.109. The Labute approximate surface area is 169 Å². The van der Waals surface area contributed by atoms with Crippen molar-refractivity contribution in [3.05, 3.63) is 11.2 Å². The molecule has 0 radical (unpaired) electrons. The van der Waals surface area contributed by atoms with Crippen LogP contribution in [0.2, 0.25) is 5.15 Å². The van der Waals surface area contributed by atoms with Crippen LogP contribution in [0.15, 0.2) is 11.2 Å². The molecule has 0 spiro atoms. The highest BCUT2D eigenvalue weighted by Gasteiger charge is 2.27. The number of carbonyl (C=O) groups excluding carboxylic acids is 2. The molecule has 1 aromatic rings. The Kier molecular flexibility index (Phi) is 8.59. The minimum absolute atomic E-state index is 0.0996. The molecule has 1 aliphatic rings. The number of anilines is 1. The van der Waals surface area contributed by atoms with Crippen molar-refractivity contribution in [2.75, 3.05) is 50.5 Å². The van der Waals surface area contributed by atoms with Crippen molar-refractivity contribution in [3.63, 3.8) is 0 Å². The first-order valence-electron chi connectivity index (χ1n) is 8.92. The lowest BCUT2D eigenvalue weighted by Gasteiger charge is -2.40. The number of methoxy groups -OCH3 is 1. The van der Waals surface area contributed by atoms with Gasteiger partial charge in [0.15, 0.2) is 5.16 Å². The van der Waals surface area contributed by atoms with E-state index < -0.39 is 0 Å². The van der Waals surface area contributed by atoms with Gasteiger partial charge in [0, 0.05) is 51.8 Å². The van der Waals surface area contributed by atoms with Gasteiger partial charge in [0.05, 0.1) is 12.4 Å². The van der Waals surface area contributed by atoms with E-state index in [0.717, 1.165) is 0 Å². The van der Waals surface area contributed by atoms with Gasteiger partial charge in [-0.3, -0.25) is 9.59 Å². The summed E-state index contributed by atoms with van der Waals surface area (Å²) in [7, 11) is 1.58. The molecule has 8 nitrogen and oxygen atoms in total. The van der Waals surface area contributed by atoms with Gasteiger partial charge in [0.25, 0.3) is 0 Å². The van der Waals surface area contributed by atoms with Gasteiger partial charge in [-0.2, -0.15) is 0 Å². The van der Waals surface area contributed by atoms with Crippen LogP contribution in [0, 0.1) is 0 Å². The molecule has 1 atom stereocenters. The number of hydrogen-bond acceptors (Lipinski definition) is 7. The van der Waals surface area contributed by atoms with Crippen molar-refractivity contribution in [3.8, 4) is 0 Å². The first kappa shape index (κ1) is 21.7. The number of aromatic nitrogens is 2. The molecule has 0 aliphatic carbocycles. The summed E-state index contributed by atoms with van der Waals surface area (Å²) in [6, 6.07) is 1.82.